The lowest BCUT2D eigenvalue weighted by Gasteiger charge is -2.17. The number of rotatable bonds is 4. The van der Waals surface area contributed by atoms with Crippen molar-refractivity contribution in [3.63, 3.8) is 0 Å². The molecule has 0 saturated carbocycles. The van der Waals surface area contributed by atoms with E-state index in [1.807, 2.05) is 33.8 Å². The van der Waals surface area contributed by atoms with Crippen LogP contribution in [0.2, 0.25) is 0 Å². The van der Waals surface area contributed by atoms with E-state index in [-0.39, 0.29) is 10.8 Å². The molecule has 0 radical (unpaired) electrons. The molecule has 2 amide bonds. The minimum Gasteiger partial charge on any atom is -0.337 e. The van der Waals surface area contributed by atoms with Crippen molar-refractivity contribution in [3.05, 3.63) is 29.3 Å². The van der Waals surface area contributed by atoms with Crippen molar-refractivity contribution >= 4 is 22.5 Å². The molecule has 0 heterocycles. The molecule has 0 aliphatic heterocycles. The van der Waals surface area contributed by atoms with Gasteiger partial charge in [0.05, 0.1) is 11.6 Å². The minimum atomic E-state index is -0.995. The first-order chi connectivity index (χ1) is 9.74. The van der Waals surface area contributed by atoms with E-state index in [1.54, 1.807) is 18.2 Å². The number of carbonyl (C=O) groups is 1. The lowest BCUT2D eigenvalue weighted by atomic mass is 10.1. The third-order valence-corrected chi connectivity index (χ3v) is 4.81. The SMILES string of the molecule is Cc1ccc(C#N)cc1NC(=O)NCC[S@](=O)C(C)(C)C. The number of carbonyl (C=O) groups excluding carboxylic acids is 1. The van der Waals surface area contributed by atoms with Crippen LogP contribution in [0.25, 0.3) is 0 Å². The molecule has 0 bridgehead atoms. The second kappa shape index (κ2) is 7.23. The average molecular weight is 307 g/mol. The highest BCUT2D eigenvalue weighted by Crippen LogP contribution is 2.16. The number of nitrogens with zero attached hydrogens (tertiary/aromatic N) is 1. The van der Waals surface area contributed by atoms with E-state index in [1.165, 1.54) is 0 Å². The van der Waals surface area contributed by atoms with Crippen LogP contribution in [0.3, 0.4) is 0 Å². The number of hydrogen-bond acceptors (Lipinski definition) is 3. The van der Waals surface area contributed by atoms with Crippen molar-refractivity contribution in [1.29, 1.82) is 5.26 Å². The van der Waals surface area contributed by atoms with Crippen molar-refractivity contribution in [2.24, 2.45) is 0 Å². The quantitative estimate of drug-likeness (QED) is 0.896. The van der Waals surface area contributed by atoms with Gasteiger partial charge < -0.3 is 10.6 Å². The zero-order chi connectivity index (χ0) is 16.0. The lowest BCUT2D eigenvalue weighted by Crippen LogP contribution is -2.35. The van der Waals surface area contributed by atoms with Crippen LogP contribution in [-0.4, -0.2) is 27.3 Å². The van der Waals surface area contributed by atoms with Crippen LogP contribution in [-0.2, 0) is 10.8 Å². The van der Waals surface area contributed by atoms with Crippen molar-refractivity contribution in [2.75, 3.05) is 17.6 Å². The molecule has 0 saturated heterocycles. The fraction of sp³-hybridized carbons (Fsp3) is 0.467. The van der Waals surface area contributed by atoms with E-state index in [4.69, 9.17) is 5.26 Å². The Hall–Kier alpha value is -1.87. The summed E-state index contributed by atoms with van der Waals surface area (Å²) in [5, 5.41) is 14.2. The number of benzene rings is 1. The van der Waals surface area contributed by atoms with E-state index in [9.17, 15) is 9.00 Å². The van der Waals surface area contributed by atoms with Crippen LogP contribution in [0, 0.1) is 18.3 Å². The maximum Gasteiger partial charge on any atom is 0.319 e. The Morgan fingerprint density at radius 2 is 2.05 bits per heavy atom. The normalized spacial score (nSPS) is 12.3. The molecular weight excluding hydrogens is 286 g/mol. The van der Waals surface area contributed by atoms with Crippen molar-refractivity contribution in [3.8, 4) is 6.07 Å². The Balaban J connectivity index is 2.52. The van der Waals surface area contributed by atoms with Crippen molar-refractivity contribution < 1.29 is 9.00 Å². The molecule has 2 N–H and O–H groups in total. The van der Waals surface area contributed by atoms with Crippen LogP contribution >= 0.6 is 0 Å². The Labute approximate surface area is 128 Å². The highest BCUT2D eigenvalue weighted by atomic mass is 32.2. The first kappa shape index (κ1) is 17.2. The number of urea groups is 1. The summed E-state index contributed by atoms with van der Waals surface area (Å²) < 4.78 is 11.6. The van der Waals surface area contributed by atoms with Gasteiger partial charge in [-0.05, 0) is 45.4 Å². The summed E-state index contributed by atoms with van der Waals surface area (Å²) >= 11 is 0. The van der Waals surface area contributed by atoms with E-state index < -0.39 is 10.8 Å². The third kappa shape index (κ3) is 5.56. The molecule has 0 aliphatic carbocycles. The van der Waals surface area contributed by atoms with Gasteiger partial charge in [-0.1, -0.05) is 6.07 Å². The molecule has 1 atom stereocenters. The maximum absolute atomic E-state index is 11.8. The number of nitriles is 1. The minimum absolute atomic E-state index is 0.282. The van der Waals surface area contributed by atoms with Gasteiger partial charge in [-0.2, -0.15) is 5.26 Å². The van der Waals surface area contributed by atoms with Gasteiger partial charge in [0.25, 0.3) is 0 Å². The third-order valence-electron chi connectivity index (χ3n) is 2.87. The number of hydrogen-bond donors (Lipinski definition) is 2. The fourth-order valence-corrected chi connectivity index (χ4v) is 2.46. The summed E-state index contributed by atoms with van der Waals surface area (Å²) in [6, 6.07) is 6.78. The van der Waals surface area contributed by atoms with E-state index in [2.05, 4.69) is 10.6 Å². The smallest absolute Gasteiger partial charge is 0.319 e. The summed E-state index contributed by atoms with van der Waals surface area (Å²) in [6.45, 7) is 7.90. The summed E-state index contributed by atoms with van der Waals surface area (Å²) in [6.07, 6.45) is 0. The monoisotopic (exact) mass is 307 g/mol. The predicted octanol–water partition coefficient (Wildman–Crippen LogP) is 2.54. The van der Waals surface area contributed by atoms with Gasteiger partial charge in [-0.25, -0.2) is 4.79 Å². The predicted molar refractivity (Wildman–Crippen MR) is 85.7 cm³/mol. The van der Waals surface area contributed by atoms with Gasteiger partial charge in [0.1, 0.15) is 0 Å². The average Bonchev–Trinajstić information content (AvgIpc) is 2.40. The number of nitrogens with one attached hydrogen (secondary N) is 2. The summed E-state index contributed by atoms with van der Waals surface area (Å²) in [4.78, 5) is 11.8. The topological polar surface area (TPSA) is 82.0 Å². The van der Waals surface area contributed by atoms with Crippen LogP contribution < -0.4 is 10.6 Å². The lowest BCUT2D eigenvalue weighted by molar-refractivity contribution is 0.252. The Morgan fingerprint density at radius 3 is 2.62 bits per heavy atom. The van der Waals surface area contributed by atoms with Crippen LogP contribution in [0.15, 0.2) is 18.2 Å². The first-order valence-electron chi connectivity index (χ1n) is 6.68. The fourth-order valence-electron chi connectivity index (χ4n) is 1.56. The second-order valence-corrected chi connectivity index (χ2v) is 8.01. The maximum atomic E-state index is 11.8. The van der Waals surface area contributed by atoms with E-state index in [0.717, 1.165) is 5.56 Å². The standard InChI is InChI=1S/C15H21N3O2S/c1-11-5-6-12(10-16)9-13(11)18-14(19)17-7-8-21(20)15(2,3)4/h5-6,9H,7-8H2,1-4H3,(H2,17,18,19)/t21-/m0/s1. The molecule has 0 aliphatic rings. The largest absolute Gasteiger partial charge is 0.337 e. The molecule has 0 aromatic heterocycles. The molecule has 114 valence electrons. The molecule has 1 rings (SSSR count). The Kier molecular flexibility index (Phi) is 5.91. The molecule has 5 nitrogen and oxygen atoms in total. The van der Waals surface area contributed by atoms with Gasteiger partial charge in [-0.15, -0.1) is 0 Å². The van der Waals surface area contributed by atoms with Gasteiger partial charge in [0.2, 0.25) is 0 Å². The molecular formula is C15H21N3O2S. The molecule has 6 heteroatoms. The molecule has 0 fully saturated rings. The summed E-state index contributed by atoms with van der Waals surface area (Å²) in [5.41, 5.74) is 1.97. The highest BCUT2D eigenvalue weighted by Gasteiger charge is 2.18. The molecule has 1 aromatic rings. The summed E-state index contributed by atoms with van der Waals surface area (Å²) in [7, 11) is -0.995. The Morgan fingerprint density at radius 1 is 1.38 bits per heavy atom. The number of amides is 2. The van der Waals surface area contributed by atoms with Crippen molar-refractivity contribution in [1.82, 2.24) is 5.32 Å². The molecule has 21 heavy (non-hydrogen) atoms. The van der Waals surface area contributed by atoms with Gasteiger partial charge in [0, 0.05) is 33.5 Å². The van der Waals surface area contributed by atoms with E-state index >= 15 is 0 Å². The number of aryl methyl sites for hydroxylation is 1. The molecule has 0 unspecified atom stereocenters. The second-order valence-electron chi connectivity index (χ2n) is 5.68. The Bertz CT molecular complexity index is 586. The van der Waals surface area contributed by atoms with Crippen molar-refractivity contribution in [2.45, 2.75) is 32.4 Å². The van der Waals surface area contributed by atoms with Crippen LogP contribution in [0.4, 0.5) is 10.5 Å². The first-order valence-corrected chi connectivity index (χ1v) is 8.00. The van der Waals surface area contributed by atoms with E-state index in [0.29, 0.717) is 23.5 Å². The number of anilines is 1. The van der Waals surface area contributed by atoms with Crippen LogP contribution in [0.1, 0.15) is 31.9 Å². The highest BCUT2D eigenvalue weighted by molar-refractivity contribution is 7.86. The van der Waals surface area contributed by atoms with Gasteiger partial charge in [0.15, 0.2) is 0 Å². The zero-order valence-electron chi connectivity index (χ0n) is 12.8. The van der Waals surface area contributed by atoms with Crippen LogP contribution in [0.5, 0.6) is 0 Å². The zero-order valence-corrected chi connectivity index (χ0v) is 13.6. The molecule has 1 aromatic carbocycles. The molecule has 0 spiro atoms. The van der Waals surface area contributed by atoms with Gasteiger partial charge in [-0.3, -0.25) is 4.21 Å². The van der Waals surface area contributed by atoms with Gasteiger partial charge >= 0.3 is 6.03 Å². The summed E-state index contributed by atoms with van der Waals surface area (Å²) in [5.74, 6) is 0.411.